The van der Waals surface area contributed by atoms with Crippen LogP contribution in [0.15, 0.2) is 170 Å². The lowest BCUT2D eigenvalue weighted by Crippen LogP contribution is -2.60. The zero-order valence-electron chi connectivity index (χ0n) is 28.6. The molecule has 240 valence electrons. The molecule has 3 nitrogen and oxygen atoms in total. The molecule has 8 aromatic rings. The fourth-order valence-electron chi connectivity index (χ4n) is 9.50. The van der Waals surface area contributed by atoms with Gasteiger partial charge < -0.3 is 14.4 Å². The third-order valence-corrected chi connectivity index (χ3v) is 11.5. The molecule has 0 spiro atoms. The van der Waals surface area contributed by atoms with Crippen LogP contribution in [0.3, 0.4) is 0 Å². The van der Waals surface area contributed by atoms with Crippen molar-refractivity contribution in [1.82, 2.24) is 4.57 Å². The number of aromatic nitrogens is 1. The smallest absolute Gasteiger partial charge is 0.252 e. The van der Waals surface area contributed by atoms with Crippen molar-refractivity contribution in [3.05, 3.63) is 181 Å². The van der Waals surface area contributed by atoms with Crippen molar-refractivity contribution in [3.63, 3.8) is 0 Å². The number of anilines is 6. The van der Waals surface area contributed by atoms with Gasteiger partial charge in [0.05, 0.1) is 5.69 Å². The summed E-state index contributed by atoms with van der Waals surface area (Å²) in [5.74, 6) is 0. The minimum absolute atomic E-state index is 0.0895. The molecule has 51 heavy (non-hydrogen) atoms. The Morgan fingerprint density at radius 3 is 1.92 bits per heavy atom. The normalized spacial score (nSPS) is 14.2. The lowest BCUT2D eigenvalue weighted by molar-refractivity contribution is 0.666. The molecule has 0 unspecified atom stereocenters. The van der Waals surface area contributed by atoms with Gasteiger partial charge in [0.2, 0.25) is 0 Å². The van der Waals surface area contributed by atoms with Gasteiger partial charge >= 0.3 is 0 Å². The molecule has 0 fully saturated rings. The van der Waals surface area contributed by atoms with E-state index < -0.39 is 0 Å². The summed E-state index contributed by atoms with van der Waals surface area (Å²) in [7, 11) is 0. The van der Waals surface area contributed by atoms with E-state index in [1.54, 1.807) is 0 Å². The lowest BCUT2D eigenvalue weighted by atomic mass is 9.34. The van der Waals surface area contributed by atoms with Gasteiger partial charge in [-0.1, -0.05) is 123 Å². The summed E-state index contributed by atoms with van der Waals surface area (Å²) in [4.78, 5) is 4.86. The maximum absolute atomic E-state index is 2.61. The van der Waals surface area contributed by atoms with Gasteiger partial charge in [0.15, 0.2) is 0 Å². The Morgan fingerprint density at radius 2 is 1.18 bits per heavy atom. The van der Waals surface area contributed by atoms with E-state index in [1.165, 1.54) is 66.7 Å². The Bertz CT molecular complexity index is 2640. The molecular formula is C47H34BN3. The van der Waals surface area contributed by atoms with Crippen LogP contribution in [0.5, 0.6) is 0 Å². The average Bonchev–Trinajstić information content (AvgIpc) is 3.65. The summed E-state index contributed by atoms with van der Waals surface area (Å²) in [6, 6.07) is 62.4. The topological polar surface area (TPSA) is 11.4 Å². The quantitative estimate of drug-likeness (QED) is 0.176. The molecule has 1 aromatic heterocycles. The van der Waals surface area contributed by atoms with Crippen LogP contribution >= 0.6 is 0 Å². The van der Waals surface area contributed by atoms with Crippen LogP contribution in [0.1, 0.15) is 25.0 Å². The third-order valence-electron chi connectivity index (χ3n) is 11.5. The first-order valence-corrected chi connectivity index (χ1v) is 17.9. The fraction of sp³-hybridized carbons (Fsp3) is 0.0638. The van der Waals surface area contributed by atoms with E-state index in [0.717, 1.165) is 22.7 Å². The van der Waals surface area contributed by atoms with E-state index in [-0.39, 0.29) is 12.1 Å². The first-order valence-electron chi connectivity index (χ1n) is 17.9. The van der Waals surface area contributed by atoms with Gasteiger partial charge in [0, 0.05) is 61.7 Å². The molecule has 3 heterocycles. The zero-order chi connectivity index (χ0) is 33.8. The van der Waals surface area contributed by atoms with Crippen molar-refractivity contribution >= 4 is 68.1 Å². The number of para-hydroxylation sites is 4. The third kappa shape index (κ3) is 3.79. The SMILES string of the molecule is CC1(C)c2ccccc2-c2c1c1cccc3c1n2-c1cccc2c1B3c1ccc(N(c3ccccc3)c3ccccc3)cc1N2c1ccccc1. The minimum Gasteiger partial charge on any atom is -0.311 e. The van der Waals surface area contributed by atoms with Gasteiger partial charge in [-0.15, -0.1) is 0 Å². The Labute approximate surface area is 298 Å². The highest BCUT2D eigenvalue weighted by atomic mass is 15.2. The van der Waals surface area contributed by atoms with E-state index in [0.29, 0.717) is 0 Å². The summed E-state index contributed by atoms with van der Waals surface area (Å²) in [5.41, 5.74) is 19.1. The van der Waals surface area contributed by atoms with Crippen LogP contribution in [0.4, 0.5) is 34.1 Å². The Kier molecular flexibility index (Phi) is 5.82. The lowest BCUT2D eigenvalue weighted by Gasteiger charge is -2.41. The molecule has 0 amide bonds. The van der Waals surface area contributed by atoms with Crippen molar-refractivity contribution in [1.29, 1.82) is 0 Å². The molecule has 7 aromatic carbocycles. The van der Waals surface area contributed by atoms with E-state index in [2.05, 4.69) is 198 Å². The maximum Gasteiger partial charge on any atom is 0.252 e. The predicted octanol–water partition coefficient (Wildman–Crippen LogP) is 10.0. The molecule has 1 aliphatic carbocycles. The number of nitrogens with zero attached hydrogens (tertiary/aromatic N) is 3. The number of hydrogen-bond donors (Lipinski definition) is 0. The van der Waals surface area contributed by atoms with Crippen molar-refractivity contribution in [2.45, 2.75) is 19.3 Å². The molecule has 0 saturated carbocycles. The van der Waals surface area contributed by atoms with Gasteiger partial charge in [-0.25, -0.2) is 0 Å². The summed E-state index contributed by atoms with van der Waals surface area (Å²) >= 11 is 0. The van der Waals surface area contributed by atoms with Crippen LogP contribution in [-0.2, 0) is 5.41 Å². The highest BCUT2D eigenvalue weighted by molar-refractivity contribution is 7.00. The van der Waals surface area contributed by atoms with Crippen LogP contribution in [-0.4, -0.2) is 11.3 Å². The molecule has 4 heteroatoms. The molecule has 0 saturated heterocycles. The minimum atomic E-state index is -0.104. The first kappa shape index (κ1) is 28.6. The second-order valence-corrected chi connectivity index (χ2v) is 14.5. The number of benzene rings is 7. The number of rotatable bonds is 4. The second-order valence-electron chi connectivity index (χ2n) is 14.5. The molecule has 3 aliphatic rings. The summed E-state index contributed by atoms with van der Waals surface area (Å²) < 4.78 is 2.61. The van der Waals surface area contributed by atoms with E-state index >= 15 is 0 Å². The van der Waals surface area contributed by atoms with Gasteiger partial charge in [-0.05, 0) is 88.2 Å². The van der Waals surface area contributed by atoms with Gasteiger partial charge in [0.25, 0.3) is 6.71 Å². The molecule has 0 atom stereocenters. The van der Waals surface area contributed by atoms with Crippen LogP contribution in [0.25, 0.3) is 27.8 Å². The number of fused-ring (bicyclic) bond motifs is 9. The Hall–Kier alpha value is -6.26. The van der Waals surface area contributed by atoms with E-state index in [1.807, 2.05) is 0 Å². The van der Waals surface area contributed by atoms with Gasteiger partial charge in [0.1, 0.15) is 0 Å². The highest BCUT2D eigenvalue weighted by Crippen LogP contribution is 2.54. The first-order chi connectivity index (χ1) is 25.1. The fourth-order valence-corrected chi connectivity index (χ4v) is 9.50. The summed E-state index contributed by atoms with van der Waals surface area (Å²) in [6.07, 6.45) is 0. The van der Waals surface area contributed by atoms with E-state index in [4.69, 9.17) is 0 Å². The standard InChI is InChI=1S/C47H34BN3/c1-47(2)37-24-13-12-22-35(37)46-43(47)36-23-14-25-39-45(36)51(46)41-27-15-26-40-44(41)48(39)38-29-28-34(30-42(38)50(40)33-20-10-5-11-21-33)49(31-16-6-3-7-17-31)32-18-8-4-9-19-32/h3-30H,1-2H3. The van der Waals surface area contributed by atoms with Crippen molar-refractivity contribution in [2.75, 3.05) is 9.80 Å². The average molecular weight is 652 g/mol. The Morgan fingerprint density at radius 1 is 0.529 bits per heavy atom. The molecule has 2 aliphatic heterocycles. The van der Waals surface area contributed by atoms with Crippen molar-refractivity contribution < 1.29 is 0 Å². The van der Waals surface area contributed by atoms with E-state index in [9.17, 15) is 0 Å². The van der Waals surface area contributed by atoms with Crippen molar-refractivity contribution in [2.24, 2.45) is 0 Å². The predicted molar refractivity (Wildman–Crippen MR) is 215 cm³/mol. The molecule has 0 bridgehead atoms. The molecule has 11 rings (SSSR count). The summed E-state index contributed by atoms with van der Waals surface area (Å²) in [5, 5.41) is 1.36. The second kappa shape index (κ2) is 10.4. The largest absolute Gasteiger partial charge is 0.311 e. The van der Waals surface area contributed by atoms with Crippen molar-refractivity contribution in [3.8, 4) is 16.9 Å². The van der Waals surface area contributed by atoms with Crippen LogP contribution in [0.2, 0.25) is 0 Å². The van der Waals surface area contributed by atoms with Crippen LogP contribution in [0, 0.1) is 0 Å². The van der Waals surface area contributed by atoms with Gasteiger partial charge in [-0.3, -0.25) is 0 Å². The Balaban J connectivity index is 1.22. The van der Waals surface area contributed by atoms with Crippen LogP contribution < -0.4 is 26.2 Å². The zero-order valence-corrected chi connectivity index (χ0v) is 28.6. The molecule has 0 N–H and O–H groups in total. The summed E-state index contributed by atoms with van der Waals surface area (Å²) in [6.45, 7) is 4.89. The highest BCUT2D eigenvalue weighted by Gasteiger charge is 2.46. The molecular weight excluding hydrogens is 617 g/mol. The maximum atomic E-state index is 2.61. The van der Waals surface area contributed by atoms with Gasteiger partial charge in [-0.2, -0.15) is 0 Å². The molecule has 0 radical (unpaired) electrons. The number of hydrogen-bond acceptors (Lipinski definition) is 2. The monoisotopic (exact) mass is 651 g/mol.